The van der Waals surface area contributed by atoms with Crippen molar-refractivity contribution >= 4 is 5.91 Å². The van der Waals surface area contributed by atoms with Crippen LogP contribution in [0.15, 0.2) is 30.3 Å². The lowest BCUT2D eigenvalue weighted by Gasteiger charge is -2.37. The normalized spacial score (nSPS) is 29.2. The highest BCUT2D eigenvalue weighted by atomic mass is 16.3. The van der Waals surface area contributed by atoms with E-state index in [-0.39, 0.29) is 24.1 Å². The molecule has 2 fully saturated rings. The van der Waals surface area contributed by atoms with E-state index in [0.717, 1.165) is 58.0 Å². The van der Waals surface area contributed by atoms with E-state index in [1.165, 1.54) is 5.56 Å². The number of piperidine rings is 1. The van der Waals surface area contributed by atoms with Crippen LogP contribution in [0, 0.1) is 0 Å². The van der Waals surface area contributed by atoms with Crippen LogP contribution in [0.2, 0.25) is 0 Å². The average molecular weight is 316 g/mol. The van der Waals surface area contributed by atoms with Gasteiger partial charge in [-0.3, -0.25) is 9.69 Å². The number of rotatable bonds is 4. The number of amides is 1. The molecule has 1 amide bonds. The quantitative estimate of drug-likeness (QED) is 0.897. The van der Waals surface area contributed by atoms with Crippen LogP contribution in [0.1, 0.15) is 50.5 Å². The molecule has 1 aromatic rings. The molecule has 126 valence electrons. The van der Waals surface area contributed by atoms with Crippen molar-refractivity contribution in [2.75, 3.05) is 6.54 Å². The smallest absolute Gasteiger partial charge is 0.237 e. The zero-order valence-electron chi connectivity index (χ0n) is 13.8. The molecule has 3 unspecified atom stereocenters. The van der Waals surface area contributed by atoms with Crippen LogP contribution in [0.25, 0.3) is 0 Å². The third-order valence-corrected chi connectivity index (χ3v) is 5.20. The standard InChI is InChI=1S/C19H28N2O2/c22-18-12-5-4-10-16(18)20-19(23)17-11-6-7-13-21(17)14-15-8-2-1-3-9-15/h1-3,8-9,16-18,22H,4-7,10-14H2,(H,20,23). The number of likely N-dealkylation sites (tertiary alicyclic amines) is 1. The molecule has 0 aromatic heterocycles. The van der Waals surface area contributed by atoms with Crippen LogP contribution in [0.5, 0.6) is 0 Å². The summed E-state index contributed by atoms with van der Waals surface area (Å²) in [4.78, 5) is 15.0. The first-order chi connectivity index (χ1) is 11.2. The Kier molecular flexibility index (Phi) is 5.68. The van der Waals surface area contributed by atoms with Crippen molar-refractivity contribution < 1.29 is 9.90 Å². The summed E-state index contributed by atoms with van der Waals surface area (Å²) < 4.78 is 0. The van der Waals surface area contributed by atoms with Crippen molar-refractivity contribution in [3.63, 3.8) is 0 Å². The van der Waals surface area contributed by atoms with E-state index in [2.05, 4.69) is 22.3 Å². The lowest BCUT2D eigenvalue weighted by molar-refractivity contribution is -0.129. The van der Waals surface area contributed by atoms with Crippen LogP contribution >= 0.6 is 0 Å². The lowest BCUT2D eigenvalue weighted by Crippen LogP contribution is -2.54. The molecule has 1 aliphatic heterocycles. The van der Waals surface area contributed by atoms with E-state index in [4.69, 9.17) is 0 Å². The van der Waals surface area contributed by atoms with Crippen molar-refractivity contribution in [2.45, 2.75) is 69.7 Å². The molecule has 0 spiro atoms. The molecule has 4 heteroatoms. The minimum absolute atomic E-state index is 0.0573. The Balaban J connectivity index is 1.62. The fourth-order valence-corrected chi connectivity index (χ4v) is 3.85. The molecule has 1 saturated heterocycles. The zero-order valence-corrected chi connectivity index (χ0v) is 13.8. The topological polar surface area (TPSA) is 52.6 Å². The van der Waals surface area contributed by atoms with E-state index < -0.39 is 0 Å². The first-order valence-corrected chi connectivity index (χ1v) is 9.00. The number of hydrogen-bond acceptors (Lipinski definition) is 3. The molecule has 1 aromatic carbocycles. The Morgan fingerprint density at radius 3 is 2.61 bits per heavy atom. The summed E-state index contributed by atoms with van der Waals surface area (Å²) in [5.74, 6) is 0.103. The van der Waals surface area contributed by atoms with Crippen LogP contribution in [-0.2, 0) is 11.3 Å². The van der Waals surface area contributed by atoms with Crippen molar-refractivity contribution in [2.24, 2.45) is 0 Å². The van der Waals surface area contributed by atoms with Gasteiger partial charge in [0.15, 0.2) is 0 Å². The van der Waals surface area contributed by atoms with Gasteiger partial charge >= 0.3 is 0 Å². The molecule has 0 radical (unpaired) electrons. The monoisotopic (exact) mass is 316 g/mol. The molecule has 3 atom stereocenters. The van der Waals surface area contributed by atoms with E-state index in [1.807, 2.05) is 18.2 Å². The molecule has 1 aliphatic carbocycles. The number of carbonyl (C=O) groups excluding carboxylic acids is 1. The first-order valence-electron chi connectivity index (χ1n) is 9.00. The summed E-state index contributed by atoms with van der Waals surface area (Å²) in [5.41, 5.74) is 1.25. The zero-order chi connectivity index (χ0) is 16.1. The maximum absolute atomic E-state index is 12.7. The highest BCUT2D eigenvalue weighted by molar-refractivity contribution is 5.82. The minimum atomic E-state index is -0.376. The number of benzene rings is 1. The molecule has 2 aliphatic rings. The van der Waals surface area contributed by atoms with Crippen LogP contribution in [0.4, 0.5) is 0 Å². The van der Waals surface area contributed by atoms with Gasteiger partial charge in [0, 0.05) is 6.54 Å². The highest BCUT2D eigenvalue weighted by Crippen LogP contribution is 2.22. The predicted molar refractivity (Wildman–Crippen MR) is 90.9 cm³/mol. The Hall–Kier alpha value is -1.39. The van der Waals surface area contributed by atoms with E-state index >= 15 is 0 Å². The lowest BCUT2D eigenvalue weighted by atomic mass is 9.92. The van der Waals surface area contributed by atoms with Gasteiger partial charge in [0.25, 0.3) is 0 Å². The van der Waals surface area contributed by atoms with Crippen molar-refractivity contribution in [3.8, 4) is 0 Å². The summed E-state index contributed by atoms with van der Waals surface area (Å²) >= 11 is 0. The summed E-state index contributed by atoms with van der Waals surface area (Å²) in [7, 11) is 0. The molecular weight excluding hydrogens is 288 g/mol. The van der Waals surface area contributed by atoms with Crippen LogP contribution in [0.3, 0.4) is 0 Å². The Labute approximate surface area is 138 Å². The molecule has 4 nitrogen and oxygen atoms in total. The van der Waals surface area contributed by atoms with Crippen LogP contribution in [-0.4, -0.2) is 40.6 Å². The second-order valence-corrected chi connectivity index (χ2v) is 6.93. The van der Waals surface area contributed by atoms with E-state index in [0.29, 0.717) is 0 Å². The molecule has 2 N–H and O–H groups in total. The van der Waals surface area contributed by atoms with Crippen molar-refractivity contribution in [1.29, 1.82) is 0 Å². The third kappa shape index (κ3) is 4.33. The molecule has 23 heavy (non-hydrogen) atoms. The number of aliphatic hydroxyl groups excluding tert-OH is 1. The third-order valence-electron chi connectivity index (χ3n) is 5.20. The molecule has 1 saturated carbocycles. The maximum Gasteiger partial charge on any atom is 0.237 e. The fraction of sp³-hybridized carbons (Fsp3) is 0.632. The van der Waals surface area contributed by atoms with Crippen molar-refractivity contribution in [3.05, 3.63) is 35.9 Å². The number of hydrogen-bond donors (Lipinski definition) is 2. The largest absolute Gasteiger partial charge is 0.391 e. The summed E-state index contributed by atoms with van der Waals surface area (Å²) in [6.07, 6.45) is 6.68. The Bertz CT molecular complexity index is 505. The average Bonchev–Trinajstić information content (AvgIpc) is 2.58. The highest BCUT2D eigenvalue weighted by Gasteiger charge is 2.32. The number of aliphatic hydroxyl groups is 1. The molecular formula is C19H28N2O2. The van der Waals surface area contributed by atoms with Gasteiger partial charge in [-0.1, -0.05) is 49.6 Å². The minimum Gasteiger partial charge on any atom is -0.391 e. The maximum atomic E-state index is 12.7. The number of nitrogens with one attached hydrogen (secondary N) is 1. The van der Waals surface area contributed by atoms with Crippen LogP contribution < -0.4 is 5.32 Å². The Morgan fingerprint density at radius 1 is 1.09 bits per heavy atom. The van der Waals surface area contributed by atoms with Gasteiger partial charge in [-0.25, -0.2) is 0 Å². The van der Waals surface area contributed by atoms with Gasteiger partial charge in [0.1, 0.15) is 0 Å². The van der Waals surface area contributed by atoms with Gasteiger partial charge in [0.2, 0.25) is 5.91 Å². The van der Waals surface area contributed by atoms with Gasteiger partial charge < -0.3 is 10.4 Å². The van der Waals surface area contributed by atoms with Crippen molar-refractivity contribution in [1.82, 2.24) is 10.2 Å². The number of carbonyl (C=O) groups is 1. The Morgan fingerprint density at radius 2 is 1.83 bits per heavy atom. The number of nitrogens with zero attached hydrogens (tertiary/aromatic N) is 1. The van der Waals surface area contributed by atoms with E-state index in [1.54, 1.807) is 0 Å². The SMILES string of the molecule is O=C(NC1CCCCC1O)C1CCCCN1Cc1ccccc1. The summed E-state index contributed by atoms with van der Waals surface area (Å²) in [6.45, 7) is 1.80. The van der Waals surface area contributed by atoms with Gasteiger partial charge in [-0.15, -0.1) is 0 Å². The predicted octanol–water partition coefficient (Wildman–Crippen LogP) is 2.46. The van der Waals surface area contributed by atoms with E-state index in [9.17, 15) is 9.90 Å². The second-order valence-electron chi connectivity index (χ2n) is 6.93. The second kappa shape index (κ2) is 7.93. The summed E-state index contributed by atoms with van der Waals surface area (Å²) in [6, 6.07) is 10.2. The van der Waals surface area contributed by atoms with Gasteiger partial charge in [0.05, 0.1) is 18.2 Å². The molecule has 1 heterocycles. The van der Waals surface area contributed by atoms with Gasteiger partial charge in [-0.2, -0.15) is 0 Å². The molecule has 0 bridgehead atoms. The first kappa shape index (κ1) is 16.5. The van der Waals surface area contributed by atoms with Gasteiger partial charge in [-0.05, 0) is 37.8 Å². The molecule has 3 rings (SSSR count). The fourth-order valence-electron chi connectivity index (χ4n) is 3.85. The summed E-state index contributed by atoms with van der Waals surface area (Å²) in [5, 5.41) is 13.2.